The van der Waals surface area contributed by atoms with Crippen molar-refractivity contribution in [2.75, 3.05) is 26.2 Å². The van der Waals surface area contributed by atoms with Gasteiger partial charge in [0.25, 0.3) is 0 Å². The monoisotopic (exact) mass is 234 g/mol. The number of rotatable bonds is 3. The summed E-state index contributed by atoms with van der Waals surface area (Å²) in [4.78, 5) is 7.08. The van der Waals surface area contributed by atoms with E-state index in [0.717, 1.165) is 25.4 Å². The number of imidazole rings is 1. The largest absolute Gasteiger partial charge is 0.334 e. The molecule has 94 valence electrons. The van der Waals surface area contributed by atoms with Crippen molar-refractivity contribution in [1.29, 1.82) is 0 Å². The molecule has 4 nitrogen and oxygen atoms in total. The Balaban J connectivity index is 1.67. The van der Waals surface area contributed by atoms with E-state index in [1.807, 2.05) is 6.33 Å². The fourth-order valence-corrected chi connectivity index (χ4v) is 3.08. The maximum Gasteiger partial charge on any atom is 0.0952 e. The molecule has 1 fully saturated rings. The summed E-state index contributed by atoms with van der Waals surface area (Å²) in [5, 5.41) is 3.38. The zero-order valence-corrected chi connectivity index (χ0v) is 10.7. The Morgan fingerprint density at radius 1 is 1.53 bits per heavy atom. The Kier molecular flexibility index (Phi) is 3.16. The van der Waals surface area contributed by atoms with Crippen molar-refractivity contribution in [2.45, 2.75) is 32.9 Å². The maximum absolute atomic E-state index is 4.52. The normalized spacial score (nSPS) is 25.1. The highest BCUT2D eigenvalue weighted by Crippen LogP contribution is 2.20. The summed E-state index contributed by atoms with van der Waals surface area (Å²) < 4.78 is 2.40. The van der Waals surface area contributed by atoms with E-state index in [-0.39, 0.29) is 0 Å². The molecule has 0 bridgehead atoms. The topological polar surface area (TPSA) is 33.1 Å². The molecule has 1 atom stereocenters. The van der Waals surface area contributed by atoms with Crippen molar-refractivity contribution in [2.24, 2.45) is 5.92 Å². The average Bonchev–Trinajstić information content (AvgIpc) is 2.97. The molecule has 3 heterocycles. The van der Waals surface area contributed by atoms with Gasteiger partial charge < -0.3 is 14.8 Å². The van der Waals surface area contributed by atoms with Gasteiger partial charge in [-0.2, -0.15) is 0 Å². The molecular formula is C13H22N4. The van der Waals surface area contributed by atoms with Crippen LogP contribution < -0.4 is 5.32 Å². The van der Waals surface area contributed by atoms with Gasteiger partial charge in [0.05, 0.1) is 12.0 Å². The van der Waals surface area contributed by atoms with Crippen molar-refractivity contribution < 1.29 is 0 Å². The SMILES string of the molecule is CCN1CCC(Cn2cnc3c2CCNC3)C1. The Bertz CT molecular complexity index is 385. The van der Waals surface area contributed by atoms with Crippen LogP contribution in [0.25, 0.3) is 0 Å². The van der Waals surface area contributed by atoms with Crippen molar-refractivity contribution in [3.8, 4) is 0 Å². The minimum absolute atomic E-state index is 0.822. The fourth-order valence-electron chi connectivity index (χ4n) is 3.08. The summed E-state index contributed by atoms with van der Waals surface area (Å²) in [6, 6.07) is 0. The number of aromatic nitrogens is 2. The molecule has 1 aromatic heterocycles. The minimum atomic E-state index is 0.822. The van der Waals surface area contributed by atoms with E-state index in [0.29, 0.717) is 0 Å². The third kappa shape index (κ3) is 2.24. The van der Waals surface area contributed by atoms with E-state index in [4.69, 9.17) is 0 Å². The van der Waals surface area contributed by atoms with Crippen LogP contribution >= 0.6 is 0 Å². The molecule has 3 rings (SSSR count). The molecule has 0 aromatic carbocycles. The summed E-state index contributed by atoms with van der Waals surface area (Å²) in [6.45, 7) is 9.22. The molecule has 1 saturated heterocycles. The van der Waals surface area contributed by atoms with Gasteiger partial charge in [0.15, 0.2) is 0 Å². The first-order valence-corrected chi connectivity index (χ1v) is 6.82. The van der Waals surface area contributed by atoms with Gasteiger partial charge in [-0.25, -0.2) is 4.98 Å². The number of fused-ring (bicyclic) bond motifs is 1. The molecule has 0 spiro atoms. The van der Waals surface area contributed by atoms with Crippen molar-refractivity contribution in [1.82, 2.24) is 19.8 Å². The Morgan fingerprint density at radius 3 is 3.29 bits per heavy atom. The molecule has 2 aliphatic heterocycles. The van der Waals surface area contributed by atoms with Crippen LogP contribution in [0.15, 0.2) is 6.33 Å². The molecule has 2 aliphatic rings. The van der Waals surface area contributed by atoms with Gasteiger partial charge in [0.2, 0.25) is 0 Å². The Labute approximate surface area is 103 Å². The summed E-state index contributed by atoms with van der Waals surface area (Å²) in [7, 11) is 0. The number of likely N-dealkylation sites (tertiary alicyclic amines) is 1. The fraction of sp³-hybridized carbons (Fsp3) is 0.769. The summed E-state index contributed by atoms with van der Waals surface area (Å²) in [5.41, 5.74) is 2.74. The molecule has 1 unspecified atom stereocenters. The molecule has 0 aliphatic carbocycles. The van der Waals surface area contributed by atoms with E-state index in [1.54, 1.807) is 0 Å². The number of hydrogen-bond donors (Lipinski definition) is 1. The van der Waals surface area contributed by atoms with Crippen LogP contribution in [0.2, 0.25) is 0 Å². The quantitative estimate of drug-likeness (QED) is 0.842. The highest BCUT2D eigenvalue weighted by atomic mass is 15.2. The van der Waals surface area contributed by atoms with Gasteiger partial charge in [0.1, 0.15) is 0 Å². The third-order valence-electron chi connectivity index (χ3n) is 4.14. The van der Waals surface area contributed by atoms with Crippen LogP contribution in [0.1, 0.15) is 24.7 Å². The number of nitrogens with one attached hydrogen (secondary N) is 1. The van der Waals surface area contributed by atoms with Gasteiger partial charge in [-0.3, -0.25) is 0 Å². The second-order valence-corrected chi connectivity index (χ2v) is 5.27. The predicted octanol–water partition coefficient (Wildman–Crippen LogP) is 0.871. The lowest BCUT2D eigenvalue weighted by Crippen LogP contribution is -2.26. The summed E-state index contributed by atoms with van der Waals surface area (Å²) >= 11 is 0. The van der Waals surface area contributed by atoms with Crippen LogP contribution in [0.4, 0.5) is 0 Å². The second kappa shape index (κ2) is 4.78. The molecule has 1 aromatic rings. The first-order chi connectivity index (χ1) is 8.36. The second-order valence-electron chi connectivity index (χ2n) is 5.27. The van der Waals surface area contributed by atoms with Gasteiger partial charge in [-0.15, -0.1) is 0 Å². The number of hydrogen-bond acceptors (Lipinski definition) is 3. The Morgan fingerprint density at radius 2 is 2.47 bits per heavy atom. The molecule has 1 N–H and O–H groups in total. The van der Waals surface area contributed by atoms with E-state index in [1.165, 1.54) is 44.0 Å². The first kappa shape index (κ1) is 11.2. The van der Waals surface area contributed by atoms with Crippen molar-refractivity contribution >= 4 is 0 Å². The van der Waals surface area contributed by atoms with E-state index < -0.39 is 0 Å². The van der Waals surface area contributed by atoms with E-state index in [9.17, 15) is 0 Å². The number of nitrogens with zero attached hydrogens (tertiary/aromatic N) is 3. The lowest BCUT2D eigenvalue weighted by Gasteiger charge is -2.18. The highest BCUT2D eigenvalue weighted by molar-refractivity contribution is 5.16. The third-order valence-corrected chi connectivity index (χ3v) is 4.14. The van der Waals surface area contributed by atoms with Crippen LogP contribution in [0, 0.1) is 5.92 Å². The van der Waals surface area contributed by atoms with E-state index >= 15 is 0 Å². The van der Waals surface area contributed by atoms with Crippen LogP contribution in [0.5, 0.6) is 0 Å². The van der Waals surface area contributed by atoms with Crippen molar-refractivity contribution in [3.05, 3.63) is 17.7 Å². The van der Waals surface area contributed by atoms with E-state index in [2.05, 4.69) is 26.7 Å². The standard InChI is InChI=1S/C13H22N4/c1-2-16-6-4-11(8-16)9-17-10-15-12-7-14-5-3-13(12)17/h10-11,14H,2-9H2,1H3. The first-order valence-electron chi connectivity index (χ1n) is 6.82. The maximum atomic E-state index is 4.52. The van der Waals surface area contributed by atoms with Gasteiger partial charge in [-0.05, 0) is 25.4 Å². The molecule has 0 amide bonds. The zero-order chi connectivity index (χ0) is 11.7. The molecule has 0 saturated carbocycles. The highest BCUT2D eigenvalue weighted by Gasteiger charge is 2.23. The van der Waals surface area contributed by atoms with Crippen molar-refractivity contribution in [3.63, 3.8) is 0 Å². The zero-order valence-electron chi connectivity index (χ0n) is 10.7. The molecule has 0 radical (unpaired) electrons. The Hall–Kier alpha value is -0.870. The predicted molar refractivity (Wildman–Crippen MR) is 67.9 cm³/mol. The van der Waals surface area contributed by atoms with Crippen LogP contribution in [-0.2, 0) is 19.5 Å². The molecule has 4 heteroatoms. The van der Waals surface area contributed by atoms with Gasteiger partial charge in [-0.1, -0.05) is 6.92 Å². The average molecular weight is 234 g/mol. The van der Waals surface area contributed by atoms with Gasteiger partial charge in [0, 0.05) is 38.3 Å². The smallest absolute Gasteiger partial charge is 0.0952 e. The van der Waals surface area contributed by atoms with Gasteiger partial charge >= 0.3 is 0 Å². The molecular weight excluding hydrogens is 212 g/mol. The van der Waals surface area contributed by atoms with Crippen LogP contribution in [0.3, 0.4) is 0 Å². The van der Waals surface area contributed by atoms with Crippen LogP contribution in [-0.4, -0.2) is 40.6 Å². The lowest BCUT2D eigenvalue weighted by molar-refractivity contribution is 0.331. The minimum Gasteiger partial charge on any atom is -0.334 e. The lowest BCUT2D eigenvalue weighted by atomic mass is 10.1. The summed E-state index contributed by atoms with van der Waals surface area (Å²) in [5.74, 6) is 0.822. The summed E-state index contributed by atoms with van der Waals surface area (Å²) in [6.07, 6.45) is 4.53. The molecule has 17 heavy (non-hydrogen) atoms.